The van der Waals surface area contributed by atoms with Gasteiger partial charge in [-0.25, -0.2) is 0 Å². The molecule has 0 saturated heterocycles. The topological polar surface area (TPSA) is 48.5 Å². The second kappa shape index (κ2) is 6.93. The van der Waals surface area contributed by atoms with Gasteiger partial charge in [-0.1, -0.05) is 36.4 Å². The average Bonchev–Trinajstić information content (AvgIpc) is 3.05. The number of pyridine rings is 1. The molecule has 3 aromatic rings. The summed E-state index contributed by atoms with van der Waals surface area (Å²) in [5, 5.41) is 1.03. The number of H-pyrrole nitrogens is 1. The van der Waals surface area contributed by atoms with Gasteiger partial charge in [-0.05, 0) is 42.0 Å². The van der Waals surface area contributed by atoms with Gasteiger partial charge in [0.1, 0.15) is 0 Å². The first-order chi connectivity index (χ1) is 12.3. The first-order valence-corrected chi connectivity index (χ1v) is 8.76. The maximum Gasteiger partial charge on any atom is 0.257 e. The lowest BCUT2D eigenvalue weighted by atomic mass is 10.2. The van der Waals surface area contributed by atoms with Crippen LogP contribution in [0.15, 0.2) is 64.4 Å². The third-order valence-corrected chi connectivity index (χ3v) is 4.71. The molecule has 25 heavy (non-hydrogen) atoms. The molecule has 1 aliphatic heterocycles. The summed E-state index contributed by atoms with van der Waals surface area (Å²) in [5.41, 5.74) is 4.18. The van der Waals surface area contributed by atoms with E-state index in [1.807, 2.05) is 30.3 Å². The molecular weight excluding hydrogens is 310 g/mol. The molecule has 4 nitrogen and oxygen atoms in total. The molecule has 1 N–H and O–H groups in total. The van der Waals surface area contributed by atoms with Crippen LogP contribution in [0.25, 0.3) is 10.9 Å². The number of aromatic nitrogens is 1. The molecule has 126 valence electrons. The summed E-state index contributed by atoms with van der Waals surface area (Å²) >= 11 is 0. The van der Waals surface area contributed by atoms with Crippen molar-refractivity contribution in [2.24, 2.45) is 4.99 Å². The smallest absolute Gasteiger partial charge is 0.257 e. The van der Waals surface area contributed by atoms with Crippen LogP contribution in [0.1, 0.15) is 17.5 Å². The van der Waals surface area contributed by atoms with Crippen molar-refractivity contribution in [1.29, 1.82) is 0 Å². The van der Waals surface area contributed by atoms with Crippen molar-refractivity contribution in [2.45, 2.75) is 12.8 Å². The van der Waals surface area contributed by atoms with Crippen LogP contribution >= 0.6 is 0 Å². The van der Waals surface area contributed by atoms with Crippen LogP contribution in [0.5, 0.6) is 0 Å². The number of aliphatic imine (C=N–C) groups is 1. The molecule has 2 heterocycles. The van der Waals surface area contributed by atoms with E-state index < -0.39 is 0 Å². The average molecular weight is 331 g/mol. The van der Waals surface area contributed by atoms with Crippen molar-refractivity contribution < 1.29 is 0 Å². The number of nitrogens with zero attached hydrogens (tertiary/aromatic N) is 2. The highest BCUT2D eigenvalue weighted by molar-refractivity contribution is 5.87. The Labute approximate surface area is 146 Å². The van der Waals surface area contributed by atoms with Crippen molar-refractivity contribution in [3.63, 3.8) is 0 Å². The van der Waals surface area contributed by atoms with Crippen LogP contribution in [0, 0.1) is 0 Å². The summed E-state index contributed by atoms with van der Waals surface area (Å²) in [6.45, 7) is 2.82. The first kappa shape index (κ1) is 15.6. The molecule has 0 radical (unpaired) electrons. The Morgan fingerprint density at radius 2 is 1.96 bits per heavy atom. The van der Waals surface area contributed by atoms with Gasteiger partial charge in [-0.2, -0.15) is 0 Å². The van der Waals surface area contributed by atoms with Crippen molar-refractivity contribution in [3.05, 3.63) is 76.1 Å². The highest BCUT2D eigenvalue weighted by atomic mass is 16.1. The number of hydrogen-bond donors (Lipinski definition) is 1. The van der Waals surface area contributed by atoms with E-state index in [0.29, 0.717) is 5.56 Å². The number of anilines is 1. The summed E-state index contributed by atoms with van der Waals surface area (Å²) in [5.74, 6) is 0. The largest absolute Gasteiger partial charge is 0.371 e. The van der Waals surface area contributed by atoms with E-state index in [9.17, 15) is 4.79 Å². The van der Waals surface area contributed by atoms with Gasteiger partial charge < -0.3 is 9.88 Å². The van der Waals surface area contributed by atoms with E-state index in [1.165, 1.54) is 11.3 Å². The van der Waals surface area contributed by atoms with Crippen LogP contribution in [0.2, 0.25) is 0 Å². The zero-order valence-corrected chi connectivity index (χ0v) is 14.1. The third kappa shape index (κ3) is 3.33. The molecule has 0 aliphatic carbocycles. The third-order valence-electron chi connectivity index (χ3n) is 4.71. The Morgan fingerprint density at radius 3 is 2.92 bits per heavy atom. The van der Waals surface area contributed by atoms with Crippen LogP contribution in [0.4, 0.5) is 5.69 Å². The van der Waals surface area contributed by atoms with Crippen LogP contribution in [-0.4, -0.2) is 30.8 Å². The first-order valence-electron chi connectivity index (χ1n) is 8.76. The molecule has 1 aliphatic rings. The molecule has 2 aromatic carbocycles. The molecule has 0 fully saturated rings. The summed E-state index contributed by atoms with van der Waals surface area (Å²) in [6, 6.07) is 18.3. The van der Waals surface area contributed by atoms with Crippen molar-refractivity contribution in [2.75, 3.05) is 24.5 Å². The molecule has 0 saturated carbocycles. The van der Waals surface area contributed by atoms with Crippen molar-refractivity contribution >= 4 is 22.8 Å². The molecule has 0 spiro atoms. The zero-order valence-electron chi connectivity index (χ0n) is 14.1. The summed E-state index contributed by atoms with van der Waals surface area (Å²) in [6.07, 6.45) is 3.81. The fraction of sp³-hybridized carbons (Fsp3) is 0.238. The number of fused-ring (bicyclic) bond motifs is 2. The van der Waals surface area contributed by atoms with E-state index >= 15 is 0 Å². The summed E-state index contributed by atoms with van der Waals surface area (Å²) in [7, 11) is 0. The lowest BCUT2D eigenvalue weighted by Crippen LogP contribution is -2.22. The lowest BCUT2D eigenvalue weighted by Gasteiger charge is -2.18. The number of benzene rings is 2. The predicted molar refractivity (Wildman–Crippen MR) is 104 cm³/mol. The Morgan fingerprint density at radius 1 is 1.12 bits per heavy atom. The normalized spacial score (nSPS) is 13.7. The standard InChI is InChI=1S/C21H21N3O/c25-21-18(14-17-7-1-3-8-19(17)23-21)15-22-11-5-12-24-13-10-16-6-2-4-9-20(16)24/h1-4,6-9,14-15H,5,10-13H2,(H,23,25). The quantitative estimate of drug-likeness (QED) is 0.575. The molecule has 0 amide bonds. The second-order valence-corrected chi connectivity index (χ2v) is 6.40. The van der Waals surface area contributed by atoms with E-state index in [2.05, 4.69) is 39.1 Å². The summed E-state index contributed by atoms with van der Waals surface area (Å²) < 4.78 is 0. The van der Waals surface area contributed by atoms with E-state index in [1.54, 1.807) is 6.21 Å². The molecular formula is C21H21N3O. The fourth-order valence-electron chi connectivity index (χ4n) is 3.41. The Bertz CT molecular complexity index is 974. The Hall–Kier alpha value is -2.88. The minimum Gasteiger partial charge on any atom is -0.371 e. The number of rotatable bonds is 5. The molecule has 4 heteroatoms. The fourth-order valence-corrected chi connectivity index (χ4v) is 3.41. The van der Waals surface area contributed by atoms with Crippen molar-refractivity contribution in [3.8, 4) is 0 Å². The molecule has 0 unspecified atom stereocenters. The van der Waals surface area contributed by atoms with E-state index in [-0.39, 0.29) is 5.56 Å². The summed E-state index contributed by atoms with van der Waals surface area (Å²) in [4.78, 5) is 21.9. The minimum absolute atomic E-state index is 0.0871. The van der Waals surface area contributed by atoms with E-state index in [4.69, 9.17) is 0 Å². The maximum absolute atomic E-state index is 12.1. The monoisotopic (exact) mass is 331 g/mol. The van der Waals surface area contributed by atoms with Crippen LogP contribution in [-0.2, 0) is 6.42 Å². The van der Waals surface area contributed by atoms with Crippen LogP contribution < -0.4 is 10.5 Å². The van der Waals surface area contributed by atoms with Gasteiger partial charge in [0.15, 0.2) is 0 Å². The molecule has 0 atom stereocenters. The SMILES string of the molecule is O=c1[nH]c2ccccc2cc1C=NCCCN1CCc2ccccc21. The van der Waals surface area contributed by atoms with Gasteiger partial charge in [-0.15, -0.1) is 0 Å². The molecule has 0 bridgehead atoms. The Kier molecular flexibility index (Phi) is 4.34. The van der Waals surface area contributed by atoms with Gasteiger partial charge in [0.25, 0.3) is 5.56 Å². The number of hydrogen-bond acceptors (Lipinski definition) is 3. The highest BCUT2D eigenvalue weighted by Gasteiger charge is 2.16. The van der Waals surface area contributed by atoms with Gasteiger partial charge in [0.05, 0.1) is 5.56 Å². The zero-order chi connectivity index (χ0) is 17.1. The second-order valence-electron chi connectivity index (χ2n) is 6.40. The highest BCUT2D eigenvalue weighted by Crippen LogP contribution is 2.27. The molecule has 4 rings (SSSR count). The lowest BCUT2D eigenvalue weighted by molar-refractivity contribution is 0.761. The number of nitrogens with one attached hydrogen (secondary N) is 1. The van der Waals surface area contributed by atoms with Gasteiger partial charge in [0.2, 0.25) is 0 Å². The van der Waals surface area contributed by atoms with Crippen molar-refractivity contribution in [1.82, 2.24) is 4.98 Å². The minimum atomic E-state index is -0.0871. The van der Waals surface area contributed by atoms with Gasteiger partial charge in [-0.3, -0.25) is 9.79 Å². The van der Waals surface area contributed by atoms with Gasteiger partial charge in [0, 0.05) is 37.1 Å². The van der Waals surface area contributed by atoms with E-state index in [0.717, 1.165) is 43.4 Å². The maximum atomic E-state index is 12.1. The predicted octanol–water partition coefficient (Wildman–Crippen LogP) is 3.40. The number of para-hydroxylation sites is 2. The van der Waals surface area contributed by atoms with Gasteiger partial charge >= 0.3 is 0 Å². The van der Waals surface area contributed by atoms with Crippen LogP contribution in [0.3, 0.4) is 0 Å². The molecule has 1 aromatic heterocycles. The Balaban J connectivity index is 1.36. The number of aromatic amines is 1.